The third-order valence-corrected chi connectivity index (χ3v) is 4.68. The van der Waals surface area contributed by atoms with E-state index in [4.69, 9.17) is 5.73 Å². The second kappa shape index (κ2) is 7.06. The SMILES string of the molecule is CCC1(C)CCN(Cc2ccc(F)c(C#CCN)c2)CC1. The molecular weight excluding hydrogens is 263 g/mol. The number of halogens is 1. The molecule has 0 aliphatic carbocycles. The predicted octanol–water partition coefficient (Wildman–Crippen LogP) is 3.15. The van der Waals surface area contributed by atoms with Crippen LogP contribution in [0.5, 0.6) is 0 Å². The van der Waals surface area contributed by atoms with Crippen LogP contribution in [0, 0.1) is 23.1 Å². The van der Waals surface area contributed by atoms with E-state index in [0.29, 0.717) is 11.0 Å². The van der Waals surface area contributed by atoms with Crippen LogP contribution in [-0.4, -0.2) is 24.5 Å². The van der Waals surface area contributed by atoms with E-state index in [2.05, 4.69) is 30.6 Å². The highest BCUT2D eigenvalue weighted by Crippen LogP contribution is 2.34. The van der Waals surface area contributed by atoms with Crippen molar-refractivity contribution in [1.82, 2.24) is 4.90 Å². The molecule has 21 heavy (non-hydrogen) atoms. The summed E-state index contributed by atoms with van der Waals surface area (Å²) in [5.41, 5.74) is 7.42. The molecule has 1 aromatic rings. The Kier molecular flexibility index (Phi) is 5.39. The van der Waals surface area contributed by atoms with E-state index in [0.717, 1.165) is 25.2 Å². The van der Waals surface area contributed by atoms with Crippen molar-refractivity contribution in [3.8, 4) is 11.8 Å². The highest BCUT2D eigenvalue weighted by Gasteiger charge is 2.28. The molecule has 1 aliphatic heterocycles. The summed E-state index contributed by atoms with van der Waals surface area (Å²) in [6.45, 7) is 8.01. The topological polar surface area (TPSA) is 29.3 Å². The summed E-state index contributed by atoms with van der Waals surface area (Å²) >= 11 is 0. The second-order valence-electron chi connectivity index (χ2n) is 6.26. The van der Waals surface area contributed by atoms with Crippen LogP contribution in [0.15, 0.2) is 18.2 Å². The lowest BCUT2D eigenvalue weighted by Gasteiger charge is -2.39. The number of benzene rings is 1. The van der Waals surface area contributed by atoms with Gasteiger partial charge in [0, 0.05) is 6.54 Å². The summed E-state index contributed by atoms with van der Waals surface area (Å²) in [7, 11) is 0. The number of hydrogen-bond donors (Lipinski definition) is 1. The summed E-state index contributed by atoms with van der Waals surface area (Å²) in [5, 5.41) is 0. The molecule has 114 valence electrons. The normalized spacial score (nSPS) is 18.1. The van der Waals surface area contributed by atoms with Crippen LogP contribution in [0.1, 0.15) is 44.2 Å². The summed E-state index contributed by atoms with van der Waals surface area (Å²) in [4.78, 5) is 2.45. The zero-order valence-electron chi connectivity index (χ0n) is 13.1. The first-order chi connectivity index (χ1) is 10.1. The van der Waals surface area contributed by atoms with Crippen molar-refractivity contribution < 1.29 is 4.39 Å². The lowest BCUT2D eigenvalue weighted by molar-refractivity contribution is 0.109. The van der Waals surface area contributed by atoms with E-state index in [1.54, 1.807) is 0 Å². The fourth-order valence-corrected chi connectivity index (χ4v) is 2.78. The van der Waals surface area contributed by atoms with Crippen LogP contribution in [0.25, 0.3) is 0 Å². The van der Waals surface area contributed by atoms with E-state index in [1.165, 1.54) is 25.3 Å². The van der Waals surface area contributed by atoms with Crippen LogP contribution in [0.3, 0.4) is 0 Å². The van der Waals surface area contributed by atoms with Gasteiger partial charge in [0.15, 0.2) is 0 Å². The zero-order valence-corrected chi connectivity index (χ0v) is 13.1. The summed E-state index contributed by atoms with van der Waals surface area (Å²) in [5.74, 6) is 5.26. The molecule has 0 radical (unpaired) electrons. The number of rotatable bonds is 3. The summed E-state index contributed by atoms with van der Waals surface area (Å²) in [6, 6.07) is 5.22. The minimum Gasteiger partial charge on any atom is -0.320 e. The standard InChI is InChI=1S/C18H25FN2/c1-3-18(2)8-11-21(12-9-18)14-15-6-7-17(19)16(13-15)5-4-10-20/h6-7,13H,3,8-12,14,20H2,1-2H3. The van der Waals surface area contributed by atoms with E-state index >= 15 is 0 Å². The van der Waals surface area contributed by atoms with Crippen molar-refractivity contribution in [2.75, 3.05) is 19.6 Å². The number of nitrogens with zero attached hydrogens (tertiary/aromatic N) is 1. The first-order valence-electron chi connectivity index (χ1n) is 7.76. The maximum atomic E-state index is 13.7. The van der Waals surface area contributed by atoms with Crippen molar-refractivity contribution in [3.63, 3.8) is 0 Å². The highest BCUT2D eigenvalue weighted by atomic mass is 19.1. The van der Waals surface area contributed by atoms with Crippen molar-refractivity contribution in [2.45, 2.75) is 39.7 Å². The second-order valence-corrected chi connectivity index (χ2v) is 6.26. The zero-order chi connectivity index (χ0) is 15.3. The van der Waals surface area contributed by atoms with Gasteiger partial charge >= 0.3 is 0 Å². The molecule has 1 aromatic carbocycles. The Labute approximate surface area is 127 Å². The van der Waals surface area contributed by atoms with Gasteiger partial charge in [-0.15, -0.1) is 0 Å². The number of piperidine rings is 1. The molecule has 2 nitrogen and oxygen atoms in total. The van der Waals surface area contributed by atoms with Crippen LogP contribution in [0.4, 0.5) is 4.39 Å². The molecule has 0 saturated carbocycles. The quantitative estimate of drug-likeness (QED) is 0.866. The third kappa shape index (κ3) is 4.30. The van der Waals surface area contributed by atoms with Crippen molar-refractivity contribution in [1.29, 1.82) is 0 Å². The Morgan fingerprint density at radius 2 is 2.05 bits per heavy atom. The van der Waals surface area contributed by atoms with Gasteiger partial charge in [0.05, 0.1) is 12.1 Å². The molecule has 1 fully saturated rings. The average Bonchev–Trinajstić information content (AvgIpc) is 2.50. The number of hydrogen-bond acceptors (Lipinski definition) is 2. The first kappa shape index (κ1) is 16.0. The lowest BCUT2D eigenvalue weighted by atomic mass is 9.78. The van der Waals surface area contributed by atoms with E-state index in [-0.39, 0.29) is 12.4 Å². The van der Waals surface area contributed by atoms with Gasteiger partial charge in [-0.2, -0.15) is 0 Å². The smallest absolute Gasteiger partial charge is 0.138 e. The van der Waals surface area contributed by atoms with Crippen LogP contribution in [-0.2, 0) is 6.54 Å². The van der Waals surface area contributed by atoms with E-state index < -0.39 is 0 Å². The molecule has 1 aliphatic rings. The van der Waals surface area contributed by atoms with Gasteiger partial charge in [-0.05, 0) is 49.0 Å². The minimum absolute atomic E-state index is 0.255. The Hall–Kier alpha value is -1.37. The maximum absolute atomic E-state index is 13.7. The molecule has 0 aromatic heterocycles. The third-order valence-electron chi connectivity index (χ3n) is 4.68. The molecular formula is C18H25FN2. The van der Waals surface area contributed by atoms with E-state index in [1.807, 2.05) is 12.1 Å². The molecule has 2 N–H and O–H groups in total. The Morgan fingerprint density at radius 3 is 2.67 bits per heavy atom. The molecule has 1 heterocycles. The fraction of sp³-hybridized carbons (Fsp3) is 0.556. The molecule has 1 saturated heterocycles. The lowest BCUT2D eigenvalue weighted by Crippen LogP contribution is -2.37. The molecule has 0 unspecified atom stereocenters. The van der Waals surface area contributed by atoms with Crippen LogP contribution in [0.2, 0.25) is 0 Å². The molecule has 0 atom stereocenters. The highest BCUT2D eigenvalue weighted by molar-refractivity contribution is 5.38. The Morgan fingerprint density at radius 1 is 1.33 bits per heavy atom. The summed E-state index contributed by atoms with van der Waals surface area (Å²) in [6.07, 6.45) is 3.73. The van der Waals surface area contributed by atoms with Gasteiger partial charge in [-0.25, -0.2) is 4.39 Å². The predicted molar refractivity (Wildman–Crippen MR) is 85.2 cm³/mol. The van der Waals surface area contributed by atoms with Crippen LogP contribution < -0.4 is 5.73 Å². The molecule has 0 spiro atoms. The van der Waals surface area contributed by atoms with Gasteiger partial charge in [-0.3, -0.25) is 4.90 Å². The molecule has 0 bridgehead atoms. The number of nitrogens with two attached hydrogens (primary N) is 1. The largest absolute Gasteiger partial charge is 0.320 e. The van der Waals surface area contributed by atoms with E-state index in [9.17, 15) is 4.39 Å². The van der Waals surface area contributed by atoms with Crippen molar-refractivity contribution in [3.05, 3.63) is 35.1 Å². The summed E-state index contributed by atoms with van der Waals surface area (Å²) < 4.78 is 13.7. The van der Waals surface area contributed by atoms with Gasteiger partial charge in [0.2, 0.25) is 0 Å². The van der Waals surface area contributed by atoms with Gasteiger partial charge in [0.25, 0.3) is 0 Å². The first-order valence-corrected chi connectivity index (χ1v) is 7.76. The maximum Gasteiger partial charge on any atom is 0.138 e. The van der Waals surface area contributed by atoms with Gasteiger partial charge in [0.1, 0.15) is 5.82 Å². The molecule has 3 heteroatoms. The Bertz CT molecular complexity index is 534. The number of likely N-dealkylation sites (tertiary alicyclic amines) is 1. The average molecular weight is 288 g/mol. The van der Waals surface area contributed by atoms with Gasteiger partial charge < -0.3 is 5.73 Å². The minimum atomic E-state index is -0.267. The molecule has 0 amide bonds. The van der Waals surface area contributed by atoms with Gasteiger partial charge in [-0.1, -0.05) is 38.2 Å². The molecule has 2 rings (SSSR count). The monoisotopic (exact) mass is 288 g/mol. The van der Waals surface area contributed by atoms with Crippen LogP contribution >= 0.6 is 0 Å². The fourth-order valence-electron chi connectivity index (χ4n) is 2.78. The van der Waals surface area contributed by atoms with Crippen molar-refractivity contribution in [2.24, 2.45) is 11.1 Å². The Balaban J connectivity index is 2.01. The van der Waals surface area contributed by atoms with Crippen molar-refractivity contribution >= 4 is 0 Å².